The van der Waals surface area contributed by atoms with E-state index in [9.17, 15) is 0 Å². The van der Waals surface area contributed by atoms with Gasteiger partial charge in [-0.05, 0) is 0 Å². The zero-order chi connectivity index (χ0) is 19.1. The summed E-state index contributed by atoms with van der Waals surface area (Å²) in [5.74, 6) is 0. The molecule has 136 valence electrons. The van der Waals surface area contributed by atoms with Crippen LogP contribution in [0.4, 0.5) is 0 Å². The van der Waals surface area contributed by atoms with Gasteiger partial charge < -0.3 is 0 Å². The van der Waals surface area contributed by atoms with E-state index in [0.29, 0.717) is 0 Å². The molecule has 0 atom stereocenters. The minimum atomic E-state index is -2.86. The molecule has 0 N–H and O–H groups in total. The molecule has 1 aliphatic heterocycles. The molecule has 0 aliphatic carbocycles. The Kier molecular flexibility index (Phi) is 4.26. The third-order valence-corrected chi connectivity index (χ3v) is 17.3. The molecular formula is C26H20IP. The molecule has 0 saturated carbocycles. The van der Waals surface area contributed by atoms with Crippen molar-refractivity contribution >= 4 is 53.6 Å². The van der Waals surface area contributed by atoms with E-state index < -0.39 is 4.25 Å². The Morgan fingerprint density at radius 1 is 0.500 bits per heavy atom. The molecule has 0 fully saturated rings. The van der Waals surface area contributed by atoms with Gasteiger partial charge in [-0.25, -0.2) is 0 Å². The number of halogens is 1. The third kappa shape index (κ3) is 2.33. The first-order valence-corrected chi connectivity index (χ1v) is 14.5. The summed E-state index contributed by atoms with van der Waals surface area (Å²) in [6.45, 7) is 0. The monoisotopic (exact) mass is 490 g/mol. The maximum absolute atomic E-state index is 2.86. The van der Waals surface area contributed by atoms with Gasteiger partial charge in [0.05, 0.1) is 0 Å². The van der Waals surface area contributed by atoms with Crippen molar-refractivity contribution in [3.05, 3.63) is 126 Å². The number of rotatable bonds is 3. The predicted molar refractivity (Wildman–Crippen MR) is 133 cm³/mol. The molecule has 4 aromatic carbocycles. The summed E-state index contributed by atoms with van der Waals surface area (Å²) < 4.78 is -2.86. The molecule has 0 aromatic heterocycles. The normalized spacial score (nSPS) is 17.8. The van der Waals surface area contributed by atoms with E-state index >= 15 is 0 Å². The molecule has 0 amide bonds. The first kappa shape index (κ1) is 17.8. The van der Waals surface area contributed by atoms with Gasteiger partial charge in [0.15, 0.2) is 0 Å². The van der Waals surface area contributed by atoms with Gasteiger partial charge in [0, 0.05) is 0 Å². The summed E-state index contributed by atoms with van der Waals surface area (Å²) in [4.78, 5) is 0. The van der Waals surface area contributed by atoms with Crippen LogP contribution in [0.15, 0.2) is 115 Å². The molecule has 5 rings (SSSR count). The zero-order valence-electron chi connectivity index (χ0n) is 15.4. The number of fused-ring (bicyclic) bond motifs is 1. The van der Waals surface area contributed by atoms with E-state index in [4.69, 9.17) is 0 Å². The average molecular weight is 490 g/mol. The second-order valence-corrected chi connectivity index (χ2v) is 16.9. The third-order valence-electron chi connectivity index (χ3n) is 5.69. The summed E-state index contributed by atoms with van der Waals surface area (Å²) in [5.41, 5.74) is 2.64. The predicted octanol–water partition coefficient (Wildman–Crippen LogP) is 6.38. The van der Waals surface area contributed by atoms with Gasteiger partial charge in [0.25, 0.3) is 0 Å². The van der Waals surface area contributed by atoms with Crippen LogP contribution in [0.2, 0.25) is 0 Å². The van der Waals surface area contributed by atoms with Crippen molar-refractivity contribution in [3.8, 4) is 0 Å². The van der Waals surface area contributed by atoms with E-state index in [-0.39, 0.29) is 0 Å². The Labute approximate surface area is 179 Å². The Morgan fingerprint density at radius 2 is 0.964 bits per heavy atom. The van der Waals surface area contributed by atoms with Crippen LogP contribution < -0.4 is 15.9 Å². The minimum absolute atomic E-state index is 1.30. The van der Waals surface area contributed by atoms with Crippen LogP contribution in [-0.4, -0.2) is 0 Å². The second-order valence-electron chi connectivity index (χ2n) is 7.13. The van der Waals surface area contributed by atoms with Crippen molar-refractivity contribution in [3.63, 3.8) is 0 Å². The van der Waals surface area contributed by atoms with Gasteiger partial charge in [-0.15, -0.1) is 0 Å². The topological polar surface area (TPSA) is 0 Å². The van der Waals surface area contributed by atoms with Gasteiger partial charge in [0.2, 0.25) is 0 Å². The maximum atomic E-state index is 2.85. The summed E-state index contributed by atoms with van der Waals surface area (Å²) in [6.07, 6.45) is 2.43. The molecule has 0 saturated heterocycles. The molecule has 28 heavy (non-hydrogen) atoms. The number of hydrogen-bond acceptors (Lipinski definition) is 0. The molecule has 1 aliphatic rings. The Balaban J connectivity index is 1.99. The van der Waals surface area contributed by atoms with Gasteiger partial charge in [-0.1, -0.05) is 0 Å². The van der Waals surface area contributed by atoms with E-state index in [1.54, 1.807) is 0 Å². The van der Waals surface area contributed by atoms with Crippen molar-refractivity contribution in [1.82, 2.24) is 0 Å². The van der Waals surface area contributed by atoms with E-state index in [1.165, 1.54) is 32.4 Å². The van der Waals surface area contributed by atoms with Crippen molar-refractivity contribution in [2.45, 2.75) is 0 Å². The molecule has 1 heterocycles. The standard InChI is InChI=1S/C26H20IP/c27-28(23-15-6-2-7-16-23,24-17-8-3-9-18-24)25-19-11-10-14-22(25)20-26(28)21-12-4-1-5-13-21/h1-20H. The summed E-state index contributed by atoms with van der Waals surface area (Å²) in [7, 11) is 0. The average Bonchev–Trinajstić information content (AvgIpc) is 3.07. The van der Waals surface area contributed by atoms with Gasteiger partial charge in [-0.2, -0.15) is 0 Å². The number of benzene rings is 4. The SMILES string of the molecule is IP1(c2ccccc2)(c2ccccc2)C(c2ccccc2)=Cc2ccccc21. The van der Waals surface area contributed by atoms with Crippen LogP contribution in [0.3, 0.4) is 0 Å². The van der Waals surface area contributed by atoms with Crippen molar-refractivity contribution in [2.24, 2.45) is 0 Å². The molecule has 0 radical (unpaired) electrons. The van der Waals surface area contributed by atoms with E-state index in [2.05, 4.69) is 143 Å². The molecule has 0 nitrogen and oxygen atoms in total. The van der Waals surface area contributed by atoms with Crippen molar-refractivity contribution in [1.29, 1.82) is 0 Å². The van der Waals surface area contributed by atoms with Crippen LogP contribution >= 0.6 is 26.3 Å². The summed E-state index contributed by atoms with van der Waals surface area (Å²) in [5, 5.41) is 5.69. The summed E-state index contributed by atoms with van der Waals surface area (Å²) >= 11 is 2.85. The Hall–Kier alpha value is -2.22. The van der Waals surface area contributed by atoms with Crippen LogP contribution in [0.1, 0.15) is 11.1 Å². The second kappa shape index (κ2) is 6.69. The molecule has 2 heteroatoms. The van der Waals surface area contributed by atoms with Crippen LogP contribution in [-0.2, 0) is 0 Å². The fraction of sp³-hybridized carbons (Fsp3) is 0. The van der Waals surface area contributed by atoms with E-state index in [1.807, 2.05) is 0 Å². The first-order chi connectivity index (χ1) is 13.7. The number of hydrogen-bond donors (Lipinski definition) is 0. The fourth-order valence-electron chi connectivity index (χ4n) is 4.45. The molecule has 0 spiro atoms. The first-order valence-electron chi connectivity index (χ1n) is 9.45. The van der Waals surface area contributed by atoms with Crippen LogP contribution in [0.5, 0.6) is 0 Å². The Bertz CT molecular complexity index is 1130. The molecular weight excluding hydrogens is 470 g/mol. The Morgan fingerprint density at radius 3 is 1.54 bits per heavy atom. The molecule has 4 aromatic rings. The zero-order valence-corrected chi connectivity index (χ0v) is 18.4. The molecule has 0 bridgehead atoms. The van der Waals surface area contributed by atoms with E-state index in [0.717, 1.165) is 0 Å². The van der Waals surface area contributed by atoms with Gasteiger partial charge in [0.1, 0.15) is 0 Å². The fourth-order valence-corrected chi connectivity index (χ4v) is 14.1. The van der Waals surface area contributed by atoms with Gasteiger partial charge >= 0.3 is 180 Å². The van der Waals surface area contributed by atoms with Gasteiger partial charge in [-0.3, -0.25) is 0 Å². The molecule has 0 unspecified atom stereocenters. The van der Waals surface area contributed by atoms with Crippen LogP contribution in [0.25, 0.3) is 11.4 Å². The summed E-state index contributed by atoms with van der Waals surface area (Å²) in [6, 6.07) is 42.0. The van der Waals surface area contributed by atoms with Crippen molar-refractivity contribution in [2.75, 3.05) is 0 Å². The quantitative estimate of drug-likeness (QED) is 0.231. The van der Waals surface area contributed by atoms with Crippen LogP contribution in [0, 0.1) is 0 Å². The van der Waals surface area contributed by atoms with Crippen molar-refractivity contribution < 1.29 is 0 Å².